The second-order valence-corrected chi connectivity index (χ2v) is 7.64. The lowest BCUT2D eigenvalue weighted by molar-refractivity contribution is 0.0943. The van der Waals surface area contributed by atoms with Crippen LogP contribution in [0.3, 0.4) is 0 Å². The van der Waals surface area contributed by atoms with Crippen molar-refractivity contribution in [3.63, 3.8) is 0 Å². The average Bonchev–Trinajstić information content (AvgIpc) is 3.42. The van der Waals surface area contributed by atoms with Crippen LogP contribution in [0.15, 0.2) is 70.0 Å². The Kier molecular flexibility index (Phi) is 5.14. The zero-order chi connectivity index (χ0) is 22.1. The Morgan fingerprint density at radius 1 is 1.09 bits per heavy atom. The summed E-state index contributed by atoms with van der Waals surface area (Å²) in [6, 6.07) is 17.0. The minimum Gasteiger partial charge on any atom is -0.355 e. The molecule has 0 bridgehead atoms. The van der Waals surface area contributed by atoms with Crippen LogP contribution < -0.4 is 11.0 Å². The first-order valence-electron chi connectivity index (χ1n) is 10.4. The highest BCUT2D eigenvalue weighted by atomic mass is 19.1. The zero-order valence-corrected chi connectivity index (χ0v) is 17.1. The first-order chi connectivity index (χ1) is 15.6. The molecular formula is C23H20FN5O3. The maximum absolute atomic E-state index is 13.3. The lowest BCUT2D eigenvalue weighted by Gasteiger charge is -2.03. The van der Waals surface area contributed by atoms with Crippen LogP contribution in [-0.2, 0) is 6.54 Å². The third-order valence-corrected chi connectivity index (χ3v) is 5.30. The van der Waals surface area contributed by atoms with E-state index in [1.807, 2.05) is 30.3 Å². The van der Waals surface area contributed by atoms with E-state index in [0.717, 1.165) is 18.4 Å². The van der Waals surface area contributed by atoms with Crippen molar-refractivity contribution in [2.75, 3.05) is 6.54 Å². The van der Waals surface area contributed by atoms with E-state index in [1.54, 1.807) is 22.8 Å². The molecule has 0 spiro atoms. The Hall–Kier alpha value is -4.01. The SMILES string of the molecule is O=C(NCCn1nc(-c2ccc(F)cc2)n(C2CC2)c1=O)c1cc(-c2ccccc2)on1. The highest BCUT2D eigenvalue weighted by Gasteiger charge is 2.30. The highest BCUT2D eigenvalue weighted by molar-refractivity contribution is 5.93. The lowest BCUT2D eigenvalue weighted by atomic mass is 10.1. The first-order valence-corrected chi connectivity index (χ1v) is 10.4. The molecule has 0 saturated heterocycles. The second kappa shape index (κ2) is 8.26. The van der Waals surface area contributed by atoms with Crippen LogP contribution in [0.5, 0.6) is 0 Å². The Morgan fingerprint density at radius 3 is 2.56 bits per heavy atom. The van der Waals surface area contributed by atoms with E-state index in [9.17, 15) is 14.0 Å². The number of rotatable bonds is 7. The molecule has 1 fully saturated rings. The minimum absolute atomic E-state index is 0.109. The van der Waals surface area contributed by atoms with Crippen molar-refractivity contribution >= 4 is 5.91 Å². The third-order valence-electron chi connectivity index (χ3n) is 5.30. The molecular weight excluding hydrogens is 413 g/mol. The van der Waals surface area contributed by atoms with E-state index in [2.05, 4.69) is 15.6 Å². The first kappa shape index (κ1) is 19.9. The van der Waals surface area contributed by atoms with Gasteiger partial charge in [-0.05, 0) is 37.1 Å². The van der Waals surface area contributed by atoms with E-state index in [1.165, 1.54) is 16.8 Å². The number of amides is 1. The van der Waals surface area contributed by atoms with Crippen molar-refractivity contribution < 1.29 is 13.7 Å². The Labute approximate surface area is 182 Å². The average molecular weight is 433 g/mol. The largest absolute Gasteiger partial charge is 0.355 e. The molecule has 2 aromatic heterocycles. The van der Waals surface area contributed by atoms with Crippen molar-refractivity contribution in [1.29, 1.82) is 0 Å². The number of aromatic nitrogens is 4. The summed E-state index contributed by atoms with van der Waals surface area (Å²) in [5.41, 5.74) is 1.42. The van der Waals surface area contributed by atoms with Gasteiger partial charge in [0.05, 0.1) is 6.54 Å². The van der Waals surface area contributed by atoms with Gasteiger partial charge in [0.15, 0.2) is 17.3 Å². The molecule has 1 saturated carbocycles. The quantitative estimate of drug-likeness (QED) is 0.483. The number of carbonyl (C=O) groups is 1. The van der Waals surface area contributed by atoms with Gasteiger partial charge in [-0.1, -0.05) is 35.5 Å². The number of nitrogens with zero attached hydrogens (tertiary/aromatic N) is 4. The van der Waals surface area contributed by atoms with Crippen LogP contribution in [0, 0.1) is 5.82 Å². The van der Waals surface area contributed by atoms with E-state index in [0.29, 0.717) is 17.1 Å². The fraction of sp³-hybridized carbons (Fsp3) is 0.217. The number of hydrogen-bond donors (Lipinski definition) is 1. The van der Waals surface area contributed by atoms with Gasteiger partial charge >= 0.3 is 5.69 Å². The molecule has 162 valence electrons. The molecule has 8 nitrogen and oxygen atoms in total. The summed E-state index contributed by atoms with van der Waals surface area (Å²) in [5, 5.41) is 11.0. The summed E-state index contributed by atoms with van der Waals surface area (Å²) in [4.78, 5) is 25.3. The maximum atomic E-state index is 13.3. The van der Waals surface area contributed by atoms with Gasteiger partial charge < -0.3 is 9.84 Å². The molecule has 4 aromatic rings. The predicted molar refractivity (Wildman–Crippen MR) is 114 cm³/mol. The van der Waals surface area contributed by atoms with E-state index in [-0.39, 0.29) is 36.3 Å². The minimum atomic E-state index is -0.399. The molecule has 0 aliphatic heterocycles. The van der Waals surface area contributed by atoms with Gasteiger partial charge in [0, 0.05) is 29.8 Å². The topological polar surface area (TPSA) is 95.0 Å². The molecule has 1 amide bonds. The molecule has 32 heavy (non-hydrogen) atoms. The summed E-state index contributed by atoms with van der Waals surface area (Å²) in [6.45, 7) is 0.388. The molecule has 5 rings (SSSR count). The van der Waals surface area contributed by atoms with Crippen molar-refractivity contribution in [3.8, 4) is 22.7 Å². The lowest BCUT2D eigenvalue weighted by Crippen LogP contribution is -2.32. The number of nitrogens with one attached hydrogen (secondary N) is 1. The number of hydrogen-bond acceptors (Lipinski definition) is 5. The van der Waals surface area contributed by atoms with Gasteiger partial charge in [-0.15, -0.1) is 5.10 Å². The summed E-state index contributed by atoms with van der Waals surface area (Å²) in [7, 11) is 0. The molecule has 2 aromatic carbocycles. The molecule has 0 radical (unpaired) electrons. The summed E-state index contributed by atoms with van der Waals surface area (Å²) >= 11 is 0. The van der Waals surface area contributed by atoms with E-state index in [4.69, 9.17) is 4.52 Å². The second-order valence-electron chi connectivity index (χ2n) is 7.64. The highest BCUT2D eigenvalue weighted by Crippen LogP contribution is 2.36. The summed E-state index contributed by atoms with van der Waals surface area (Å²) in [6.07, 6.45) is 1.82. The van der Waals surface area contributed by atoms with Crippen LogP contribution in [-0.4, -0.2) is 32.0 Å². The fourth-order valence-electron chi connectivity index (χ4n) is 3.51. The molecule has 9 heteroatoms. The maximum Gasteiger partial charge on any atom is 0.346 e. The van der Waals surface area contributed by atoms with Crippen LogP contribution in [0.2, 0.25) is 0 Å². The van der Waals surface area contributed by atoms with Crippen LogP contribution >= 0.6 is 0 Å². The van der Waals surface area contributed by atoms with Crippen molar-refractivity contribution in [2.24, 2.45) is 0 Å². The van der Waals surface area contributed by atoms with Crippen LogP contribution in [0.25, 0.3) is 22.7 Å². The van der Waals surface area contributed by atoms with E-state index < -0.39 is 5.91 Å². The summed E-state index contributed by atoms with van der Waals surface area (Å²) < 4.78 is 21.5. The number of carbonyl (C=O) groups excluding carboxylic acids is 1. The fourth-order valence-corrected chi connectivity index (χ4v) is 3.51. The molecule has 1 aliphatic carbocycles. The molecule has 1 aliphatic rings. The van der Waals surface area contributed by atoms with Crippen molar-refractivity contribution in [1.82, 2.24) is 24.8 Å². The van der Waals surface area contributed by atoms with Crippen molar-refractivity contribution in [2.45, 2.75) is 25.4 Å². The van der Waals surface area contributed by atoms with Gasteiger partial charge in [-0.3, -0.25) is 9.36 Å². The van der Waals surface area contributed by atoms with Crippen molar-refractivity contribution in [3.05, 3.63) is 82.7 Å². The number of halogens is 1. The Balaban J connectivity index is 1.28. The summed E-state index contributed by atoms with van der Waals surface area (Å²) in [5.74, 6) is 0.260. The van der Waals surface area contributed by atoms with Gasteiger partial charge in [0.1, 0.15) is 5.82 Å². The van der Waals surface area contributed by atoms with Crippen LogP contribution in [0.1, 0.15) is 29.4 Å². The standard InChI is InChI=1S/C23H20FN5O3/c24-17-8-6-16(7-9-17)21-26-28(23(31)29(21)18-10-11-18)13-12-25-22(30)19-14-20(32-27-19)15-4-2-1-3-5-15/h1-9,14,18H,10-13H2,(H,25,30). The normalized spacial score (nSPS) is 13.3. The predicted octanol–water partition coefficient (Wildman–Crippen LogP) is 3.27. The monoisotopic (exact) mass is 433 g/mol. The van der Waals surface area contributed by atoms with E-state index >= 15 is 0 Å². The molecule has 2 heterocycles. The number of benzene rings is 2. The molecule has 0 unspecified atom stereocenters. The molecule has 0 atom stereocenters. The van der Waals surface area contributed by atoms with Crippen LogP contribution in [0.4, 0.5) is 4.39 Å². The van der Waals surface area contributed by atoms with Gasteiger partial charge in [-0.2, -0.15) is 0 Å². The smallest absolute Gasteiger partial charge is 0.346 e. The zero-order valence-electron chi connectivity index (χ0n) is 17.1. The molecule has 1 N–H and O–H groups in total. The third kappa shape index (κ3) is 3.96. The van der Waals surface area contributed by atoms with Gasteiger partial charge in [0.2, 0.25) is 0 Å². The van der Waals surface area contributed by atoms with Gasteiger partial charge in [0.25, 0.3) is 5.91 Å². The Morgan fingerprint density at radius 2 is 1.84 bits per heavy atom. The Bertz CT molecular complexity index is 1300. The van der Waals surface area contributed by atoms with Gasteiger partial charge in [-0.25, -0.2) is 13.9 Å².